The second-order valence-corrected chi connectivity index (χ2v) is 7.19. The van der Waals surface area contributed by atoms with Gasteiger partial charge in [-0.2, -0.15) is 0 Å². The second-order valence-electron chi connectivity index (χ2n) is 7.19. The number of carbonyl (C=O) groups excluding carboxylic acids is 2. The lowest BCUT2D eigenvalue weighted by molar-refractivity contribution is -0.132. The van der Waals surface area contributed by atoms with Crippen molar-refractivity contribution in [2.45, 2.75) is 32.6 Å². The number of aryl methyl sites for hydroxylation is 2. The van der Waals surface area contributed by atoms with Crippen LogP contribution in [0.3, 0.4) is 0 Å². The van der Waals surface area contributed by atoms with Crippen molar-refractivity contribution in [2.24, 2.45) is 5.92 Å². The van der Waals surface area contributed by atoms with Crippen LogP contribution in [-0.4, -0.2) is 42.9 Å². The van der Waals surface area contributed by atoms with Crippen molar-refractivity contribution in [3.8, 4) is 0 Å². The summed E-state index contributed by atoms with van der Waals surface area (Å²) < 4.78 is 0. The molecule has 0 atom stereocenters. The van der Waals surface area contributed by atoms with Gasteiger partial charge >= 0.3 is 0 Å². The van der Waals surface area contributed by atoms with E-state index < -0.39 is 0 Å². The van der Waals surface area contributed by atoms with E-state index in [0.29, 0.717) is 25.4 Å². The molecular formula is C20H28N4O2. The van der Waals surface area contributed by atoms with E-state index in [-0.39, 0.29) is 11.8 Å². The van der Waals surface area contributed by atoms with Gasteiger partial charge in [0.05, 0.1) is 0 Å². The third-order valence-electron chi connectivity index (χ3n) is 5.19. The predicted molar refractivity (Wildman–Crippen MR) is 101 cm³/mol. The van der Waals surface area contributed by atoms with E-state index >= 15 is 0 Å². The number of rotatable bonds is 6. The quantitative estimate of drug-likeness (QED) is 0.718. The van der Waals surface area contributed by atoms with Gasteiger partial charge in [0.25, 0.3) is 0 Å². The lowest BCUT2D eigenvalue weighted by atomic mass is 9.96. The molecule has 2 heterocycles. The first-order valence-corrected chi connectivity index (χ1v) is 9.41. The van der Waals surface area contributed by atoms with Gasteiger partial charge in [-0.15, -0.1) is 0 Å². The van der Waals surface area contributed by atoms with Crippen LogP contribution in [0.1, 0.15) is 30.4 Å². The molecule has 0 saturated carbocycles. The van der Waals surface area contributed by atoms with Gasteiger partial charge in [-0.05, 0) is 37.7 Å². The van der Waals surface area contributed by atoms with Gasteiger partial charge in [-0.25, -0.2) is 5.43 Å². The first kappa shape index (κ1) is 18.5. The zero-order valence-electron chi connectivity index (χ0n) is 15.4. The zero-order chi connectivity index (χ0) is 18.4. The minimum Gasteiger partial charge on any atom is -0.352 e. The molecule has 0 bridgehead atoms. The number of nitrogens with one attached hydrogen (secondary N) is 3. The number of nitrogens with zero attached hydrogens (tertiary/aromatic N) is 1. The molecule has 140 valence electrons. The fourth-order valence-electron chi connectivity index (χ4n) is 3.38. The highest BCUT2D eigenvalue weighted by Crippen LogP contribution is 2.18. The Morgan fingerprint density at radius 3 is 2.58 bits per heavy atom. The SMILES string of the molecule is Cc1ccc(CCC(=O)N2CCC(CNC(=O)C3=CNNC3)CC2)cc1. The fourth-order valence-corrected chi connectivity index (χ4v) is 3.38. The maximum absolute atomic E-state index is 12.4. The summed E-state index contributed by atoms with van der Waals surface area (Å²) in [5.74, 6) is 0.670. The Balaban J connectivity index is 1.35. The van der Waals surface area contributed by atoms with Crippen LogP contribution < -0.4 is 16.2 Å². The molecule has 0 radical (unpaired) electrons. The molecule has 2 aliphatic rings. The van der Waals surface area contributed by atoms with Crippen molar-refractivity contribution >= 4 is 11.8 Å². The first-order valence-electron chi connectivity index (χ1n) is 9.41. The van der Waals surface area contributed by atoms with Gasteiger partial charge in [0.1, 0.15) is 0 Å². The van der Waals surface area contributed by atoms with Crippen molar-refractivity contribution in [1.82, 2.24) is 21.1 Å². The lowest BCUT2D eigenvalue weighted by Gasteiger charge is -2.32. The lowest BCUT2D eigenvalue weighted by Crippen LogP contribution is -2.42. The number of likely N-dealkylation sites (tertiary alicyclic amines) is 1. The van der Waals surface area contributed by atoms with E-state index in [1.165, 1.54) is 11.1 Å². The van der Waals surface area contributed by atoms with Crippen molar-refractivity contribution in [3.63, 3.8) is 0 Å². The van der Waals surface area contributed by atoms with Crippen molar-refractivity contribution in [2.75, 3.05) is 26.2 Å². The summed E-state index contributed by atoms with van der Waals surface area (Å²) in [5.41, 5.74) is 8.89. The Morgan fingerprint density at radius 2 is 1.92 bits per heavy atom. The molecule has 1 saturated heterocycles. The average molecular weight is 356 g/mol. The molecule has 1 aromatic rings. The summed E-state index contributed by atoms with van der Waals surface area (Å²) in [6.07, 6.45) is 4.97. The van der Waals surface area contributed by atoms with Crippen LogP contribution in [0.2, 0.25) is 0 Å². The highest BCUT2D eigenvalue weighted by molar-refractivity contribution is 5.94. The largest absolute Gasteiger partial charge is 0.352 e. The Bertz CT molecular complexity index is 661. The minimum absolute atomic E-state index is 0.0147. The molecule has 2 amide bonds. The van der Waals surface area contributed by atoms with E-state index in [1.807, 2.05) is 4.90 Å². The number of benzene rings is 1. The molecule has 2 aliphatic heterocycles. The Hall–Kier alpha value is -2.34. The molecule has 0 aromatic heterocycles. The van der Waals surface area contributed by atoms with E-state index in [9.17, 15) is 9.59 Å². The Labute approximate surface area is 155 Å². The van der Waals surface area contributed by atoms with Crippen LogP contribution in [0.15, 0.2) is 36.0 Å². The molecular weight excluding hydrogens is 328 g/mol. The smallest absolute Gasteiger partial charge is 0.250 e. The van der Waals surface area contributed by atoms with Crippen molar-refractivity contribution in [1.29, 1.82) is 0 Å². The van der Waals surface area contributed by atoms with Gasteiger partial charge in [-0.1, -0.05) is 29.8 Å². The molecule has 6 nitrogen and oxygen atoms in total. The summed E-state index contributed by atoms with van der Waals surface area (Å²) >= 11 is 0. The Kier molecular flexibility index (Phi) is 6.28. The number of hydrogen-bond acceptors (Lipinski definition) is 4. The molecule has 1 aromatic carbocycles. The average Bonchev–Trinajstić information content (AvgIpc) is 3.21. The highest BCUT2D eigenvalue weighted by Gasteiger charge is 2.23. The molecule has 0 aliphatic carbocycles. The van der Waals surface area contributed by atoms with Crippen LogP contribution in [0.5, 0.6) is 0 Å². The molecule has 0 unspecified atom stereocenters. The van der Waals surface area contributed by atoms with E-state index in [1.54, 1.807) is 6.20 Å². The summed E-state index contributed by atoms with van der Waals surface area (Å²) in [5, 5.41) is 3.00. The maximum atomic E-state index is 12.4. The molecule has 3 rings (SSSR count). The summed E-state index contributed by atoms with van der Waals surface area (Å²) in [6, 6.07) is 8.38. The van der Waals surface area contributed by atoms with E-state index in [4.69, 9.17) is 0 Å². The van der Waals surface area contributed by atoms with Crippen LogP contribution in [0, 0.1) is 12.8 Å². The summed E-state index contributed by atoms with van der Waals surface area (Å²) in [6.45, 7) is 4.89. The third kappa shape index (κ3) is 5.08. The van der Waals surface area contributed by atoms with Gasteiger partial charge in [-0.3, -0.25) is 9.59 Å². The van der Waals surface area contributed by atoms with Gasteiger partial charge < -0.3 is 15.6 Å². The second kappa shape index (κ2) is 8.85. The number of carbonyl (C=O) groups is 2. The van der Waals surface area contributed by atoms with E-state index in [2.05, 4.69) is 47.4 Å². The highest BCUT2D eigenvalue weighted by atomic mass is 16.2. The molecule has 0 spiro atoms. The number of piperidine rings is 1. The predicted octanol–water partition coefficient (Wildman–Crippen LogP) is 1.27. The first-order chi connectivity index (χ1) is 12.6. The minimum atomic E-state index is -0.0147. The van der Waals surface area contributed by atoms with Crippen LogP contribution in [0.4, 0.5) is 0 Å². The molecule has 6 heteroatoms. The van der Waals surface area contributed by atoms with Gasteiger partial charge in [0, 0.05) is 44.4 Å². The number of amides is 2. The van der Waals surface area contributed by atoms with Crippen molar-refractivity contribution < 1.29 is 9.59 Å². The van der Waals surface area contributed by atoms with E-state index in [0.717, 1.165) is 37.9 Å². The third-order valence-corrected chi connectivity index (χ3v) is 5.19. The number of hydrazine groups is 1. The summed E-state index contributed by atoms with van der Waals surface area (Å²) in [4.78, 5) is 26.4. The molecule has 3 N–H and O–H groups in total. The normalized spacial score (nSPS) is 17.6. The van der Waals surface area contributed by atoms with Crippen LogP contribution >= 0.6 is 0 Å². The summed E-state index contributed by atoms with van der Waals surface area (Å²) in [7, 11) is 0. The van der Waals surface area contributed by atoms with Crippen LogP contribution in [-0.2, 0) is 16.0 Å². The van der Waals surface area contributed by atoms with Crippen LogP contribution in [0.25, 0.3) is 0 Å². The zero-order valence-corrected chi connectivity index (χ0v) is 15.4. The van der Waals surface area contributed by atoms with Gasteiger partial charge in [0.2, 0.25) is 11.8 Å². The van der Waals surface area contributed by atoms with Crippen molar-refractivity contribution in [3.05, 3.63) is 47.2 Å². The number of hydrogen-bond donors (Lipinski definition) is 3. The standard InChI is InChI=1S/C20H28N4O2/c1-15-2-4-16(5-3-15)6-7-19(25)24-10-8-17(9-11-24)12-21-20(26)18-13-22-23-14-18/h2-5,13,17,22-23H,6-12,14H2,1H3,(H,21,26). The monoisotopic (exact) mass is 356 g/mol. The Morgan fingerprint density at radius 1 is 1.19 bits per heavy atom. The van der Waals surface area contributed by atoms with Gasteiger partial charge in [0.15, 0.2) is 0 Å². The topological polar surface area (TPSA) is 73.5 Å². The molecule has 1 fully saturated rings. The maximum Gasteiger partial charge on any atom is 0.250 e. The fraction of sp³-hybridized carbons (Fsp3) is 0.500. The molecule has 26 heavy (non-hydrogen) atoms.